The normalized spacial score (nSPS) is 13.0. The van der Waals surface area contributed by atoms with Gasteiger partial charge in [-0.3, -0.25) is 0 Å². The van der Waals surface area contributed by atoms with Crippen LogP contribution in [-0.4, -0.2) is 77.9 Å². The molecule has 0 unspecified atom stereocenters. The van der Waals surface area contributed by atoms with Crippen LogP contribution in [0.15, 0.2) is 6.20 Å². The number of aryl methyl sites for hydroxylation is 2. The predicted octanol–water partition coefficient (Wildman–Crippen LogP) is 1.40. The van der Waals surface area contributed by atoms with E-state index in [4.69, 9.17) is 14.2 Å². The highest BCUT2D eigenvalue weighted by atomic mass is 32.3. The van der Waals surface area contributed by atoms with Crippen molar-refractivity contribution in [1.29, 1.82) is 0 Å². The topological polar surface area (TPSA) is 132 Å². The van der Waals surface area contributed by atoms with Crippen LogP contribution in [0.1, 0.15) is 19.0 Å². The van der Waals surface area contributed by atoms with Crippen molar-refractivity contribution in [2.45, 2.75) is 37.3 Å². The number of ether oxygens (including phenoxy) is 3. The maximum Gasteiger partial charge on any atom is 0.480 e. The molecular formula is C15H26F6N4O7S2. The van der Waals surface area contributed by atoms with Gasteiger partial charge in [-0.1, -0.05) is 6.92 Å². The number of halogens is 6. The number of rotatable bonds is 13. The molecule has 0 aromatic carbocycles. The number of methoxy groups -OCH3 is 1. The van der Waals surface area contributed by atoms with E-state index < -0.39 is 31.1 Å². The number of nitrogens with zero attached hydrogens (tertiary/aromatic N) is 4. The van der Waals surface area contributed by atoms with Crippen molar-refractivity contribution in [2.24, 2.45) is 7.05 Å². The van der Waals surface area contributed by atoms with Crippen molar-refractivity contribution in [3.63, 3.8) is 0 Å². The second kappa shape index (κ2) is 14.1. The van der Waals surface area contributed by atoms with Gasteiger partial charge in [0.15, 0.2) is 31.9 Å². The Hall–Kier alpha value is -1.54. The van der Waals surface area contributed by atoms with E-state index in [1.165, 1.54) is 5.69 Å². The second-order valence-electron chi connectivity index (χ2n) is 6.28. The Morgan fingerprint density at radius 1 is 0.941 bits per heavy atom. The lowest BCUT2D eigenvalue weighted by molar-refractivity contribution is -0.756. The van der Waals surface area contributed by atoms with Gasteiger partial charge in [0.2, 0.25) is 0 Å². The standard InChI is InChI=1S/C13H26N3O3.C2F6NO4S2/c1-4-5-13-12-16(14-15(13)2)6-7-18-10-11-19-9-8-17-3;3-1(4,5)14(10,11)9-15(12,13)2(6,7)8/h12H,4-11H2,1-3H3;/q+1;-1. The van der Waals surface area contributed by atoms with E-state index in [1.807, 2.05) is 16.4 Å². The zero-order valence-corrected chi connectivity index (χ0v) is 20.1. The van der Waals surface area contributed by atoms with E-state index in [1.54, 1.807) is 7.11 Å². The second-order valence-corrected chi connectivity index (χ2v) is 9.70. The summed E-state index contributed by atoms with van der Waals surface area (Å²) in [6.07, 6.45) is 4.28. The molecule has 0 aliphatic rings. The molecule has 0 spiro atoms. The van der Waals surface area contributed by atoms with Crippen LogP contribution < -0.4 is 4.68 Å². The van der Waals surface area contributed by atoms with E-state index >= 15 is 0 Å². The molecule has 0 saturated heterocycles. The number of aromatic nitrogens is 3. The van der Waals surface area contributed by atoms with Crippen LogP contribution in [0.3, 0.4) is 0 Å². The summed E-state index contributed by atoms with van der Waals surface area (Å²) >= 11 is 0. The molecule has 202 valence electrons. The van der Waals surface area contributed by atoms with Crippen LogP contribution in [0.4, 0.5) is 26.3 Å². The highest BCUT2D eigenvalue weighted by molar-refractivity contribution is 8.13. The zero-order valence-electron chi connectivity index (χ0n) is 18.5. The Bertz CT molecular complexity index is 892. The fraction of sp³-hybridized carbons (Fsp3) is 0.867. The minimum atomic E-state index is -6.72. The molecule has 0 bridgehead atoms. The molecule has 34 heavy (non-hydrogen) atoms. The third-order valence-electron chi connectivity index (χ3n) is 3.52. The van der Waals surface area contributed by atoms with Crippen molar-refractivity contribution < 1.29 is 62.1 Å². The smallest absolute Gasteiger partial charge is 0.421 e. The Kier molecular flexibility index (Phi) is 13.5. The van der Waals surface area contributed by atoms with Gasteiger partial charge in [-0.05, 0) is 6.42 Å². The Balaban J connectivity index is 0.000000661. The number of sulfonamides is 2. The Morgan fingerprint density at radius 3 is 1.85 bits per heavy atom. The fourth-order valence-electron chi connectivity index (χ4n) is 1.94. The van der Waals surface area contributed by atoms with Crippen molar-refractivity contribution in [1.82, 2.24) is 9.90 Å². The van der Waals surface area contributed by atoms with Crippen LogP contribution >= 0.6 is 0 Å². The van der Waals surface area contributed by atoms with Gasteiger partial charge >= 0.3 is 11.0 Å². The summed E-state index contributed by atoms with van der Waals surface area (Å²) in [6.45, 7) is 6.07. The first-order chi connectivity index (χ1) is 15.5. The highest BCUT2D eigenvalue weighted by Crippen LogP contribution is 2.36. The lowest BCUT2D eigenvalue weighted by Crippen LogP contribution is -2.38. The maximum atomic E-state index is 11.4. The van der Waals surface area contributed by atoms with Gasteiger partial charge in [0.05, 0.1) is 38.2 Å². The van der Waals surface area contributed by atoms with Crippen LogP contribution in [0, 0.1) is 0 Å². The van der Waals surface area contributed by atoms with Crippen molar-refractivity contribution >= 4 is 20.0 Å². The average molecular weight is 553 g/mol. The Labute approximate surface area is 193 Å². The highest BCUT2D eigenvalue weighted by Gasteiger charge is 2.46. The third-order valence-corrected chi connectivity index (χ3v) is 6.26. The summed E-state index contributed by atoms with van der Waals surface area (Å²) in [5.74, 6) is 0. The molecule has 0 radical (unpaired) electrons. The molecule has 1 rings (SSSR count). The lowest BCUT2D eigenvalue weighted by Gasteiger charge is -2.22. The molecule has 11 nitrogen and oxygen atoms in total. The van der Waals surface area contributed by atoms with Crippen LogP contribution in [-0.2, 0) is 54.3 Å². The maximum absolute atomic E-state index is 11.4. The number of hydrogen-bond acceptors (Lipinski definition) is 8. The van der Waals surface area contributed by atoms with E-state index in [9.17, 15) is 43.2 Å². The summed E-state index contributed by atoms with van der Waals surface area (Å²) in [4.78, 5) is 0. The molecule has 1 aromatic heterocycles. The van der Waals surface area contributed by atoms with Crippen molar-refractivity contribution in [3.8, 4) is 0 Å². The minimum Gasteiger partial charge on any atom is -0.421 e. The third kappa shape index (κ3) is 11.7. The first-order valence-corrected chi connectivity index (χ1v) is 12.3. The number of alkyl halides is 6. The molecular weight excluding hydrogens is 526 g/mol. The summed E-state index contributed by atoms with van der Waals surface area (Å²) in [5, 5.41) is 4.39. The molecule has 0 amide bonds. The molecule has 0 N–H and O–H groups in total. The zero-order chi connectivity index (χ0) is 26.6. The predicted molar refractivity (Wildman–Crippen MR) is 104 cm³/mol. The van der Waals surface area contributed by atoms with Gasteiger partial charge in [-0.2, -0.15) is 26.3 Å². The van der Waals surface area contributed by atoms with Gasteiger partial charge in [-0.15, -0.1) is 9.36 Å². The van der Waals surface area contributed by atoms with E-state index in [0.29, 0.717) is 33.0 Å². The van der Waals surface area contributed by atoms with E-state index in [-0.39, 0.29) is 0 Å². The molecule has 1 aromatic rings. The first kappa shape index (κ1) is 32.5. The average Bonchev–Trinajstić information content (AvgIpc) is 3.01. The van der Waals surface area contributed by atoms with Crippen molar-refractivity contribution in [3.05, 3.63) is 16.0 Å². The van der Waals surface area contributed by atoms with E-state index in [0.717, 1.165) is 23.5 Å². The molecule has 19 heteroatoms. The molecule has 0 aliphatic heterocycles. The van der Waals surface area contributed by atoms with Crippen LogP contribution in [0.2, 0.25) is 0 Å². The molecule has 0 fully saturated rings. The van der Waals surface area contributed by atoms with Gasteiger partial charge in [-0.25, -0.2) is 16.8 Å². The van der Waals surface area contributed by atoms with Crippen LogP contribution in [0.5, 0.6) is 0 Å². The van der Waals surface area contributed by atoms with Gasteiger partial charge in [0, 0.05) is 13.5 Å². The monoisotopic (exact) mass is 552 g/mol. The van der Waals surface area contributed by atoms with Gasteiger partial charge < -0.3 is 18.3 Å². The summed E-state index contributed by atoms with van der Waals surface area (Å²) in [6, 6.07) is 0. The largest absolute Gasteiger partial charge is 0.480 e. The first-order valence-electron chi connectivity index (χ1n) is 9.42. The Morgan fingerprint density at radius 2 is 1.41 bits per heavy atom. The molecule has 0 saturated carbocycles. The lowest BCUT2D eigenvalue weighted by atomic mass is 10.3. The van der Waals surface area contributed by atoms with Gasteiger partial charge in [0.25, 0.3) is 0 Å². The number of hydrogen-bond donors (Lipinski definition) is 0. The molecule has 0 aliphatic carbocycles. The quantitative estimate of drug-likeness (QED) is 0.204. The fourth-order valence-corrected chi connectivity index (χ4v) is 3.65. The summed E-state index contributed by atoms with van der Waals surface area (Å²) in [7, 11) is -9.80. The summed E-state index contributed by atoms with van der Waals surface area (Å²) in [5.41, 5.74) is -11.2. The molecule has 0 atom stereocenters. The molecule has 1 heterocycles. The van der Waals surface area contributed by atoms with Gasteiger partial charge in [0.1, 0.15) is 13.6 Å². The van der Waals surface area contributed by atoms with Crippen molar-refractivity contribution in [2.75, 3.05) is 40.1 Å². The van der Waals surface area contributed by atoms with Crippen LogP contribution in [0.25, 0.3) is 4.13 Å². The SMILES string of the molecule is CCCc1c[n+](CCOCCOCCOC)nn1C.O=S(=O)([N-]S(=O)(=O)C(F)(F)F)C(F)(F)F. The minimum absolute atomic E-state index is 0.608. The van der Waals surface area contributed by atoms with E-state index in [2.05, 4.69) is 18.3 Å². The summed E-state index contributed by atoms with van der Waals surface area (Å²) < 4.78 is 129.